The van der Waals surface area contributed by atoms with Crippen LogP contribution < -0.4 is 10.6 Å². The van der Waals surface area contributed by atoms with E-state index in [1.54, 1.807) is 6.33 Å². The smallest absolute Gasteiger partial charge is 0.191 e. The van der Waals surface area contributed by atoms with Crippen molar-refractivity contribution < 1.29 is 0 Å². The zero-order valence-electron chi connectivity index (χ0n) is 14.2. The molecule has 1 aromatic rings. The van der Waals surface area contributed by atoms with Crippen LogP contribution in [0.5, 0.6) is 0 Å². The number of aliphatic imine (C=N–C) groups is 1. The largest absolute Gasteiger partial charge is 0.355 e. The first-order chi connectivity index (χ1) is 11.3. The quantitative estimate of drug-likeness (QED) is 0.518. The van der Waals surface area contributed by atoms with Crippen molar-refractivity contribution in [3.05, 3.63) is 12.2 Å². The summed E-state index contributed by atoms with van der Waals surface area (Å²) in [6.07, 6.45) is 2.69. The highest BCUT2D eigenvalue weighted by Crippen LogP contribution is 2.14. The molecule has 4 heterocycles. The second kappa shape index (κ2) is 7.74. The summed E-state index contributed by atoms with van der Waals surface area (Å²) in [6, 6.07) is 0.598. The third-order valence-corrected chi connectivity index (χ3v) is 4.78. The molecule has 0 radical (unpaired) electrons. The third kappa shape index (κ3) is 4.00. The molecule has 1 aromatic heterocycles. The number of aromatic nitrogens is 3. The molecule has 4 rings (SSSR count). The molecule has 2 N–H and O–H groups in total. The predicted molar refractivity (Wildman–Crippen MR) is 90.6 cm³/mol. The normalized spacial score (nSPS) is 27.2. The first kappa shape index (κ1) is 16.2. The van der Waals surface area contributed by atoms with E-state index in [-0.39, 0.29) is 0 Å². The van der Waals surface area contributed by atoms with Gasteiger partial charge in [-0.05, 0) is 0 Å². The monoisotopic (exact) mass is 320 g/mol. The molecule has 128 valence electrons. The average Bonchev–Trinajstić information content (AvgIpc) is 3.06. The minimum Gasteiger partial charge on any atom is -0.355 e. The van der Waals surface area contributed by atoms with Gasteiger partial charge in [-0.3, -0.25) is 14.8 Å². The molecule has 3 saturated heterocycles. The van der Waals surface area contributed by atoms with Crippen molar-refractivity contribution in [2.45, 2.75) is 25.9 Å². The van der Waals surface area contributed by atoms with Gasteiger partial charge in [0.25, 0.3) is 0 Å². The number of fused-ring (bicyclic) bond motifs is 3. The van der Waals surface area contributed by atoms with E-state index in [0.717, 1.165) is 37.8 Å². The molecule has 1 atom stereocenters. The molecule has 0 saturated carbocycles. The van der Waals surface area contributed by atoms with Crippen LogP contribution in [0.15, 0.2) is 11.3 Å². The van der Waals surface area contributed by atoms with Gasteiger partial charge >= 0.3 is 0 Å². The molecule has 8 heteroatoms. The molecule has 1 unspecified atom stereocenters. The van der Waals surface area contributed by atoms with E-state index < -0.39 is 0 Å². The van der Waals surface area contributed by atoms with Gasteiger partial charge in [0, 0.05) is 71.9 Å². The molecule has 0 aromatic carbocycles. The Hall–Kier alpha value is -1.67. The Morgan fingerprint density at radius 2 is 2.13 bits per heavy atom. The minimum atomic E-state index is 0.598. The van der Waals surface area contributed by atoms with Crippen LogP contribution in [0.1, 0.15) is 12.7 Å². The van der Waals surface area contributed by atoms with E-state index in [4.69, 9.17) is 0 Å². The summed E-state index contributed by atoms with van der Waals surface area (Å²) in [5.74, 6) is 1.89. The van der Waals surface area contributed by atoms with E-state index in [2.05, 4.69) is 47.1 Å². The molecule has 2 bridgehead atoms. The number of rotatable bonds is 6. The van der Waals surface area contributed by atoms with Gasteiger partial charge in [0.1, 0.15) is 12.2 Å². The van der Waals surface area contributed by atoms with E-state index in [1.165, 1.54) is 32.7 Å². The topological polar surface area (TPSA) is 73.6 Å². The predicted octanol–water partition coefficient (Wildman–Crippen LogP) is -0.995. The molecule has 0 spiro atoms. The molecule has 3 aliphatic rings. The maximum atomic E-state index is 4.32. The van der Waals surface area contributed by atoms with Gasteiger partial charge in [-0.1, -0.05) is 6.92 Å². The number of nitrogens with zero attached hydrogens (tertiary/aromatic N) is 6. The number of piperazine rings is 3. The Bertz CT molecular complexity index is 517. The lowest BCUT2D eigenvalue weighted by molar-refractivity contribution is 0.0154. The maximum Gasteiger partial charge on any atom is 0.191 e. The number of hydrogen-bond donors (Lipinski definition) is 2. The highest BCUT2D eigenvalue weighted by molar-refractivity contribution is 5.79. The van der Waals surface area contributed by atoms with Gasteiger partial charge < -0.3 is 15.2 Å². The lowest BCUT2D eigenvalue weighted by atomic mass is 10.1. The summed E-state index contributed by atoms with van der Waals surface area (Å²) < 4.78 is 2.08. The molecule has 0 amide bonds. The van der Waals surface area contributed by atoms with Crippen molar-refractivity contribution >= 4 is 5.96 Å². The van der Waals surface area contributed by atoms with Crippen molar-refractivity contribution in [1.29, 1.82) is 0 Å². The third-order valence-electron chi connectivity index (χ3n) is 4.78. The molecule has 8 nitrogen and oxygen atoms in total. The first-order valence-electron chi connectivity index (χ1n) is 8.57. The van der Waals surface area contributed by atoms with Gasteiger partial charge in [0.2, 0.25) is 0 Å². The van der Waals surface area contributed by atoms with E-state index >= 15 is 0 Å². The number of nitrogens with one attached hydrogen (secondary N) is 2. The summed E-state index contributed by atoms with van der Waals surface area (Å²) in [7, 11) is 1.82. The van der Waals surface area contributed by atoms with Gasteiger partial charge in [0.15, 0.2) is 5.96 Å². The maximum absolute atomic E-state index is 4.32. The van der Waals surface area contributed by atoms with E-state index in [9.17, 15) is 0 Å². The highest BCUT2D eigenvalue weighted by atomic mass is 15.4. The van der Waals surface area contributed by atoms with Crippen LogP contribution in [0.2, 0.25) is 0 Å². The summed E-state index contributed by atoms with van der Waals surface area (Å²) in [5.41, 5.74) is 0. The fourth-order valence-electron chi connectivity index (χ4n) is 3.39. The SMILES string of the molecule is CCc1nncn1CCNC(=NC)NCC1CN2CCN1CC2. The van der Waals surface area contributed by atoms with Crippen molar-refractivity contribution in [1.82, 2.24) is 35.2 Å². The van der Waals surface area contributed by atoms with Gasteiger partial charge in [-0.15, -0.1) is 10.2 Å². The highest BCUT2D eigenvalue weighted by Gasteiger charge is 2.31. The number of aryl methyl sites for hydroxylation is 1. The molecule has 0 aliphatic carbocycles. The Kier molecular flexibility index (Phi) is 5.45. The van der Waals surface area contributed by atoms with E-state index in [1.807, 2.05) is 7.05 Å². The second-order valence-corrected chi connectivity index (χ2v) is 6.16. The van der Waals surface area contributed by atoms with Crippen LogP contribution >= 0.6 is 0 Å². The second-order valence-electron chi connectivity index (χ2n) is 6.16. The lowest BCUT2D eigenvalue weighted by Crippen LogP contribution is -2.63. The summed E-state index contributed by atoms with van der Waals surface area (Å²) >= 11 is 0. The minimum absolute atomic E-state index is 0.598. The Morgan fingerprint density at radius 3 is 2.78 bits per heavy atom. The summed E-state index contributed by atoms with van der Waals surface area (Å²) in [5, 5.41) is 14.9. The molecule has 3 fully saturated rings. The van der Waals surface area contributed by atoms with Crippen LogP contribution in [0.4, 0.5) is 0 Å². The number of hydrogen-bond acceptors (Lipinski definition) is 5. The van der Waals surface area contributed by atoms with Gasteiger partial charge in [0.05, 0.1) is 0 Å². The fraction of sp³-hybridized carbons (Fsp3) is 0.800. The summed E-state index contributed by atoms with van der Waals surface area (Å²) in [4.78, 5) is 9.46. The van der Waals surface area contributed by atoms with Crippen LogP contribution in [0.25, 0.3) is 0 Å². The standard InChI is InChI=1S/C15H28N8/c1-3-14-20-19-12-23(14)5-4-17-15(16-2)18-10-13-11-21-6-8-22(13)9-7-21/h12-13H,3-11H2,1-2H3,(H2,16,17,18). The van der Waals surface area contributed by atoms with Crippen LogP contribution in [-0.2, 0) is 13.0 Å². The van der Waals surface area contributed by atoms with Gasteiger partial charge in [-0.25, -0.2) is 0 Å². The van der Waals surface area contributed by atoms with Crippen molar-refractivity contribution in [3.8, 4) is 0 Å². The molecule has 23 heavy (non-hydrogen) atoms. The summed E-state index contributed by atoms with van der Waals surface area (Å²) in [6.45, 7) is 10.7. The van der Waals surface area contributed by atoms with Crippen molar-refractivity contribution in [3.63, 3.8) is 0 Å². The molecular weight excluding hydrogens is 292 g/mol. The average molecular weight is 320 g/mol. The molecule has 3 aliphatic heterocycles. The van der Waals surface area contributed by atoms with E-state index in [0.29, 0.717) is 6.04 Å². The Labute approximate surface area is 138 Å². The zero-order chi connectivity index (χ0) is 16.1. The van der Waals surface area contributed by atoms with Crippen molar-refractivity contribution in [2.24, 2.45) is 4.99 Å². The zero-order valence-corrected chi connectivity index (χ0v) is 14.2. The van der Waals surface area contributed by atoms with Crippen LogP contribution in [0, 0.1) is 0 Å². The van der Waals surface area contributed by atoms with Gasteiger partial charge in [-0.2, -0.15) is 0 Å². The lowest BCUT2D eigenvalue weighted by Gasteiger charge is -2.47. The van der Waals surface area contributed by atoms with Crippen molar-refractivity contribution in [2.75, 3.05) is 52.9 Å². The number of guanidine groups is 1. The Balaban J connectivity index is 1.40. The van der Waals surface area contributed by atoms with Crippen LogP contribution in [0.3, 0.4) is 0 Å². The first-order valence-corrected chi connectivity index (χ1v) is 8.57. The van der Waals surface area contributed by atoms with Crippen LogP contribution in [-0.4, -0.2) is 89.4 Å². The fourth-order valence-corrected chi connectivity index (χ4v) is 3.39. The molecular formula is C15H28N8. The Morgan fingerprint density at radius 1 is 1.30 bits per heavy atom.